The molecule has 0 radical (unpaired) electrons. The van der Waals surface area contributed by atoms with Gasteiger partial charge in [-0.2, -0.15) is 0 Å². The average Bonchev–Trinajstić information content (AvgIpc) is 3.00. The molecule has 1 aromatic heterocycles. The monoisotopic (exact) mass is 288 g/mol. The number of hydrogen-bond donors (Lipinski definition) is 2. The second kappa shape index (κ2) is 7.82. The Bertz CT molecular complexity index is 511. The smallest absolute Gasteiger partial charge is 0.220 e. The molecule has 0 saturated heterocycles. The molecule has 0 fully saturated rings. The van der Waals surface area contributed by atoms with Crippen LogP contribution in [0.1, 0.15) is 35.7 Å². The molecule has 1 heterocycles. The summed E-state index contributed by atoms with van der Waals surface area (Å²) in [5, 5.41) is 5.16. The zero-order chi connectivity index (χ0) is 14.2. The topological polar surface area (TPSA) is 55.1 Å². The maximum atomic E-state index is 12.0. The zero-order valence-corrected chi connectivity index (χ0v) is 12.2. The number of hydrogen-bond acceptors (Lipinski definition) is 3. The van der Waals surface area contributed by atoms with Crippen molar-refractivity contribution in [2.75, 3.05) is 6.54 Å². The van der Waals surface area contributed by atoms with Gasteiger partial charge in [0, 0.05) is 11.3 Å². The van der Waals surface area contributed by atoms with Crippen molar-refractivity contribution >= 4 is 17.2 Å². The SMILES string of the molecule is NCCCCC(=O)NC(c1ccccc1)c1cccs1. The minimum absolute atomic E-state index is 0.0541. The Morgan fingerprint density at radius 2 is 1.95 bits per heavy atom. The average molecular weight is 288 g/mol. The van der Waals surface area contributed by atoms with Gasteiger partial charge in [0.05, 0.1) is 6.04 Å². The van der Waals surface area contributed by atoms with Gasteiger partial charge < -0.3 is 11.1 Å². The molecule has 20 heavy (non-hydrogen) atoms. The quantitative estimate of drug-likeness (QED) is 0.769. The summed E-state index contributed by atoms with van der Waals surface area (Å²) < 4.78 is 0. The summed E-state index contributed by atoms with van der Waals surface area (Å²) in [5.74, 6) is 0.0840. The zero-order valence-electron chi connectivity index (χ0n) is 11.4. The van der Waals surface area contributed by atoms with Crippen LogP contribution in [-0.2, 0) is 4.79 Å². The predicted octanol–water partition coefficient (Wildman–Crippen LogP) is 3.08. The van der Waals surface area contributed by atoms with Gasteiger partial charge in [0.15, 0.2) is 0 Å². The lowest BCUT2D eigenvalue weighted by Crippen LogP contribution is -2.28. The van der Waals surface area contributed by atoms with E-state index in [2.05, 4.69) is 11.4 Å². The molecule has 3 nitrogen and oxygen atoms in total. The summed E-state index contributed by atoms with van der Waals surface area (Å²) in [7, 11) is 0. The van der Waals surface area contributed by atoms with E-state index in [9.17, 15) is 4.79 Å². The van der Waals surface area contributed by atoms with E-state index in [1.165, 1.54) is 0 Å². The van der Waals surface area contributed by atoms with E-state index in [-0.39, 0.29) is 11.9 Å². The van der Waals surface area contributed by atoms with E-state index < -0.39 is 0 Å². The molecule has 1 aromatic carbocycles. The lowest BCUT2D eigenvalue weighted by molar-refractivity contribution is -0.121. The van der Waals surface area contributed by atoms with Crippen molar-refractivity contribution in [2.24, 2.45) is 5.73 Å². The van der Waals surface area contributed by atoms with Crippen molar-refractivity contribution in [1.82, 2.24) is 5.32 Å². The van der Waals surface area contributed by atoms with Crippen LogP contribution in [0.5, 0.6) is 0 Å². The van der Waals surface area contributed by atoms with E-state index in [0.717, 1.165) is 23.3 Å². The molecule has 0 aliphatic rings. The number of benzene rings is 1. The minimum atomic E-state index is -0.0541. The van der Waals surface area contributed by atoms with Crippen LogP contribution in [0.4, 0.5) is 0 Å². The van der Waals surface area contributed by atoms with Crippen LogP contribution < -0.4 is 11.1 Å². The number of carbonyl (C=O) groups is 1. The normalized spacial score (nSPS) is 12.1. The van der Waals surface area contributed by atoms with Crippen LogP contribution in [-0.4, -0.2) is 12.5 Å². The summed E-state index contributed by atoms with van der Waals surface area (Å²) in [6.07, 6.45) is 2.27. The van der Waals surface area contributed by atoms with Gasteiger partial charge in [-0.25, -0.2) is 0 Å². The predicted molar refractivity (Wildman–Crippen MR) is 83.7 cm³/mol. The molecule has 0 aliphatic heterocycles. The molecule has 3 N–H and O–H groups in total. The Labute approximate surface area is 123 Å². The second-order valence-electron chi connectivity index (χ2n) is 4.67. The number of amides is 1. The van der Waals surface area contributed by atoms with Crippen molar-refractivity contribution in [3.05, 3.63) is 58.3 Å². The fraction of sp³-hybridized carbons (Fsp3) is 0.312. The van der Waals surface area contributed by atoms with Gasteiger partial charge in [-0.15, -0.1) is 11.3 Å². The Hall–Kier alpha value is -1.65. The summed E-state index contributed by atoms with van der Waals surface area (Å²) in [6, 6.07) is 14.1. The lowest BCUT2D eigenvalue weighted by atomic mass is 10.0. The van der Waals surface area contributed by atoms with Crippen LogP contribution in [0, 0.1) is 0 Å². The van der Waals surface area contributed by atoms with Crippen LogP contribution >= 0.6 is 11.3 Å². The van der Waals surface area contributed by atoms with Crippen molar-refractivity contribution < 1.29 is 4.79 Å². The third-order valence-electron chi connectivity index (χ3n) is 3.12. The number of rotatable bonds is 7. The van der Waals surface area contributed by atoms with E-state index in [1.807, 2.05) is 41.8 Å². The van der Waals surface area contributed by atoms with Crippen LogP contribution in [0.15, 0.2) is 47.8 Å². The van der Waals surface area contributed by atoms with Crippen LogP contribution in [0.3, 0.4) is 0 Å². The van der Waals surface area contributed by atoms with Gasteiger partial charge in [-0.3, -0.25) is 4.79 Å². The second-order valence-corrected chi connectivity index (χ2v) is 5.65. The van der Waals surface area contributed by atoms with Crippen LogP contribution in [0.2, 0.25) is 0 Å². The summed E-state index contributed by atoms with van der Waals surface area (Å²) in [4.78, 5) is 13.2. The molecule has 2 rings (SSSR count). The summed E-state index contributed by atoms with van der Waals surface area (Å²) in [5.41, 5.74) is 6.57. The van der Waals surface area contributed by atoms with Gasteiger partial charge >= 0.3 is 0 Å². The standard InChI is InChI=1S/C16H20N2OS/c17-11-5-4-10-15(19)18-16(14-9-6-12-20-14)13-7-2-1-3-8-13/h1-3,6-9,12,16H,4-5,10-11,17H2,(H,18,19). The first-order valence-electron chi connectivity index (χ1n) is 6.89. The molecule has 0 spiro atoms. The Balaban J connectivity index is 2.06. The van der Waals surface area contributed by atoms with Crippen molar-refractivity contribution in [3.8, 4) is 0 Å². The molecule has 106 valence electrons. The largest absolute Gasteiger partial charge is 0.344 e. The first kappa shape index (κ1) is 14.8. The number of nitrogens with two attached hydrogens (primary N) is 1. The summed E-state index contributed by atoms with van der Waals surface area (Å²) in [6.45, 7) is 0.639. The van der Waals surface area contributed by atoms with E-state index in [4.69, 9.17) is 5.73 Å². The first-order chi connectivity index (χ1) is 9.81. The number of nitrogens with one attached hydrogen (secondary N) is 1. The van der Waals surface area contributed by atoms with Gasteiger partial charge in [0.25, 0.3) is 0 Å². The first-order valence-corrected chi connectivity index (χ1v) is 7.77. The molecule has 1 amide bonds. The molecule has 1 unspecified atom stereocenters. The maximum absolute atomic E-state index is 12.0. The van der Waals surface area contributed by atoms with Gasteiger partial charge in [0.1, 0.15) is 0 Å². The van der Waals surface area contributed by atoms with E-state index in [0.29, 0.717) is 13.0 Å². The fourth-order valence-electron chi connectivity index (χ4n) is 2.08. The lowest BCUT2D eigenvalue weighted by Gasteiger charge is -2.18. The fourth-order valence-corrected chi connectivity index (χ4v) is 2.89. The number of thiophene rings is 1. The molecule has 0 aliphatic carbocycles. The molecule has 0 bridgehead atoms. The molecule has 1 atom stereocenters. The van der Waals surface area contributed by atoms with E-state index >= 15 is 0 Å². The molecular weight excluding hydrogens is 268 g/mol. The van der Waals surface area contributed by atoms with E-state index in [1.54, 1.807) is 11.3 Å². The van der Waals surface area contributed by atoms with Gasteiger partial charge in [0.2, 0.25) is 5.91 Å². The van der Waals surface area contributed by atoms with Crippen molar-refractivity contribution in [2.45, 2.75) is 25.3 Å². The molecule has 4 heteroatoms. The highest BCUT2D eigenvalue weighted by Gasteiger charge is 2.17. The Kier molecular flexibility index (Phi) is 5.77. The Morgan fingerprint density at radius 3 is 2.60 bits per heavy atom. The Morgan fingerprint density at radius 1 is 1.15 bits per heavy atom. The maximum Gasteiger partial charge on any atom is 0.220 e. The van der Waals surface area contributed by atoms with Crippen molar-refractivity contribution in [1.29, 1.82) is 0 Å². The van der Waals surface area contributed by atoms with Crippen molar-refractivity contribution in [3.63, 3.8) is 0 Å². The highest BCUT2D eigenvalue weighted by molar-refractivity contribution is 7.10. The molecule has 2 aromatic rings. The molecule has 0 saturated carbocycles. The third kappa shape index (κ3) is 4.18. The molecular formula is C16H20N2OS. The van der Waals surface area contributed by atoms with Gasteiger partial charge in [-0.1, -0.05) is 36.4 Å². The number of carbonyl (C=O) groups excluding carboxylic acids is 1. The number of unbranched alkanes of at least 4 members (excludes halogenated alkanes) is 1. The minimum Gasteiger partial charge on any atom is -0.344 e. The highest BCUT2D eigenvalue weighted by Crippen LogP contribution is 2.26. The summed E-state index contributed by atoms with van der Waals surface area (Å²) >= 11 is 1.66. The van der Waals surface area contributed by atoms with Crippen LogP contribution in [0.25, 0.3) is 0 Å². The van der Waals surface area contributed by atoms with Gasteiger partial charge in [-0.05, 0) is 36.4 Å². The third-order valence-corrected chi connectivity index (χ3v) is 4.06. The highest BCUT2D eigenvalue weighted by atomic mass is 32.1.